The summed E-state index contributed by atoms with van der Waals surface area (Å²) in [5.74, 6) is -1.01. The Morgan fingerprint density at radius 2 is 2.00 bits per heavy atom. The zero-order valence-corrected chi connectivity index (χ0v) is 11.0. The minimum absolute atomic E-state index is 0.343. The van der Waals surface area contributed by atoms with Gasteiger partial charge in [-0.2, -0.15) is 0 Å². The van der Waals surface area contributed by atoms with Gasteiger partial charge in [0.1, 0.15) is 5.54 Å². The number of nitrogens with zero attached hydrogens (tertiary/aromatic N) is 1. The first kappa shape index (κ1) is 15.5. The fraction of sp³-hybridized carbons (Fsp3) is 0.667. The lowest BCUT2D eigenvalue weighted by atomic mass is 10.0. The van der Waals surface area contributed by atoms with Crippen molar-refractivity contribution < 1.29 is 14.7 Å². The number of aliphatic carboxylic acids is 1. The Bertz CT molecular complexity index is 298. The lowest BCUT2D eigenvalue weighted by molar-refractivity contribution is -0.147. The number of amides is 2. The molecule has 0 bridgehead atoms. The van der Waals surface area contributed by atoms with Crippen LogP contribution in [0.1, 0.15) is 34.1 Å². The number of hydrogen-bond donors (Lipinski definition) is 2. The highest BCUT2D eigenvalue weighted by atomic mass is 16.4. The first-order chi connectivity index (χ1) is 7.87. The molecule has 0 aliphatic carbocycles. The van der Waals surface area contributed by atoms with E-state index in [4.69, 9.17) is 5.11 Å². The van der Waals surface area contributed by atoms with Crippen LogP contribution in [0.3, 0.4) is 0 Å². The van der Waals surface area contributed by atoms with E-state index < -0.39 is 11.5 Å². The summed E-state index contributed by atoms with van der Waals surface area (Å²) in [6, 6.07) is -0.343. The summed E-state index contributed by atoms with van der Waals surface area (Å²) in [4.78, 5) is 24.2. The summed E-state index contributed by atoms with van der Waals surface area (Å²) in [5, 5.41) is 11.8. The van der Waals surface area contributed by atoms with Crippen LogP contribution in [0.2, 0.25) is 0 Å². The molecule has 5 nitrogen and oxygen atoms in total. The average Bonchev–Trinajstić information content (AvgIpc) is 2.24. The number of carbonyl (C=O) groups is 2. The van der Waals surface area contributed by atoms with E-state index in [2.05, 4.69) is 5.32 Å². The molecular formula is C12H22N2O3. The van der Waals surface area contributed by atoms with Gasteiger partial charge >= 0.3 is 12.0 Å². The lowest BCUT2D eigenvalue weighted by Gasteiger charge is -2.34. The van der Waals surface area contributed by atoms with Crippen LogP contribution in [0.25, 0.3) is 0 Å². The summed E-state index contributed by atoms with van der Waals surface area (Å²) < 4.78 is 0. The molecule has 5 heteroatoms. The smallest absolute Gasteiger partial charge is 0.329 e. The molecule has 0 unspecified atom stereocenters. The number of carboxylic acid groups (broad SMARTS) is 1. The summed E-state index contributed by atoms with van der Waals surface area (Å²) in [5.41, 5.74) is -1.20. The van der Waals surface area contributed by atoms with Crippen molar-refractivity contribution in [2.24, 2.45) is 0 Å². The molecule has 0 rings (SSSR count). The minimum Gasteiger partial charge on any atom is -0.480 e. The molecule has 17 heavy (non-hydrogen) atoms. The molecule has 0 aliphatic heterocycles. The van der Waals surface area contributed by atoms with E-state index in [9.17, 15) is 9.59 Å². The molecule has 0 spiro atoms. The Hall–Kier alpha value is -1.52. The summed E-state index contributed by atoms with van der Waals surface area (Å²) in [6.07, 6.45) is 4.59. The van der Waals surface area contributed by atoms with E-state index in [-0.39, 0.29) is 6.03 Å². The summed E-state index contributed by atoms with van der Waals surface area (Å²) in [6.45, 7) is 7.57. The third-order valence-corrected chi connectivity index (χ3v) is 2.58. The third kappa shape index (κ3) is 4.46. The standard InChI is InChI=1S/C12H22N2O3/c1-5-7-8-9-13-11(17)14(6-2)12(3,4)10(15)16/h5,7H,6,8-9H2,1-4H3,(H,13,17)(H,15,16)/b7-5+. The first-order valence-electron chi connectivity index (χ1n) is 5.77. The van der Waals surface area contributed by atoms with Crippen molar-refractivity contribution in [3.63, 3.8) is 0 Å². The van der Waals surface area contributed by atoms with Crippen molar-refractivity contribution in [2.75, 3.05) is 13.1 Å². The molecule has 0 atom stereocenters. The molecule has 0 radical (unpaired) electrons. The maximum atomic E-state index is 11.8. The minimum atomic E-state index is -1.20. The highest BCUT2D eigenvalue weighted by Gasteiger charge is 2.36. The SMILES string of the molecule is C/C=C/CCNC(=O)N(CC)C(C)(C)C(=O)O. The molecule has 0 aromatic rings. The first-order valence-corrected chi connectivity index (χ1v) is 5.77. The number of urea groups is 1. The highest BCUT2D eigenvalue weighted by molar-refractivity contribution is 5.85. The van der Waals surface area contributed by atoms with Gasteiger partial charge in [0.25, 0.3) is 0 Å². The van der Waals surface area contributed by atoms with Crippen LogP contribution in [0.4, 0.5) is 4.79 Å². The Morgan fingerprint density at radius 1 is 1.41 bits per heavy atom. The number of carboxylic acids is 1. The summed E-state index contributed by atoms with van der Waals surface area (Å²) in [7, 11) is 0. The van der Waals surface area contributed by atoms with Crippen LogP contribution in [-0.4, -0.2) is 40.6 Å². The molecule has 0 aliphatic rings. The molecule has 98 valence electrons. The lowest BCUT2D eigenvalue weighted by Crippen LogP contribution is -2.56. The maximum Gasteiger partial charge on any atom is 0.329 e. The van der Waals surface area contributed by atoms with Gasteiger partial charge in [-0.15, -0.1) is 0 Å². The van der Waals surface area contributed by atoms with Crippen molar-refractivity contribution in [1.29, 1.82) is 0 Å². The number of allylic oxidation sites excluding steroid dienone is 1. The van der Waals surface area contributed by atoms with Gasteiger partial charge in [0.15, 0.2) is 0 Å². The topological polar surface area (TPSA) is 69.6 Å². The van der Waals surface area contributed by atoms with Gasteiger partial charge < -0.3 is 15.3 Å². The van der Waals surface area contributed by atoms with Crippen LogP contribution < -0.4 is 5.32 Å². The molecule has 0 aromatic carbocycles. The van der Waals surface area contributed by atoms with E-state index in [1.807, 2.05) is 19.1 Å². The number of hydrogen-bond acceptors (Lipinski definition) is 2. The van der Waals surface area contributed by atoms with Gasteiger partial charge in [0.2, 0.25) is 0 Å². The molecule has 0 saturated heterocycles. The molecule has 0 saturated carbocycles. The number of carbonyl (C=O) groups excluding carboxylic acids is 1. The maximum absolute atomic E-state index is 11.8. The number of nitrogens with one attached hydrogen (secondary N) is 1. The van der Waals surface area contributed by atoms with E-state index in [1.54, 1.807) is 6.92 Å². The van der Waals surface area contributed by atoms with Crippen molar-refractivity contribution in [2.45, 2.75) is 39.7 Å². The number of rotatable bonds is 6. The van der Waals surface area contributed by atoms with Crippen LogP contribution in [0.5, 0.6) is 0 Å². The van der Waals surface area contributed by atoms with E-state index in [0.717, 1.165) is 6.42 Å². The monoisotopic (exact) mass is 242 g/mol. The van der Waals surface area contributed by atoms with Crippen LogP contribution in [0, 0.1) is 0 Å². The second kappa shape index (κ2) is 6.93. The molecule has 2 amide bonds. The predicted molar refractivity (Wildman–Crippen MR) is 66.9 cm³/mol. The van der Waals surface area contributed by atoms with Crippen LogP contribution in [-0.2, 0) is 4.79 Å². The quantitative estimate of drug-likeness (QED) is 0.551. The zero-order valence-electron chi connectivity index (χ0n) is 11.0. The molecule has 0 aromatic heterocycles. The Kier molecular flexibility index (Phi) is 6.31. The summed E-state index contributed by atoms with van der Waals surface area (Å²) >= 11 is 0. The normalized spacial score (nSPS) is 11.5. The van der Waals surface area contributed by atoms with E-state index in [0.29, 0.717) is 13.1 Å². The molecular weight excluding hydrogens is 220 g/mol. The van der Waals surface area contributed by atoms with Crippen LogP contribution >= 0.6 is 0 Å². The van der Waals surface area contributed by atoms with E-state index >= 15 is 0 Å². The van der Waals surface area contributed by atoms with E-state index in [1.165, 1.54) is 18.7 Å². The second-order valence-electron chi connectivity index (χ2n) is 4.20. The largest absolute Gasteiger partial charge is 0.480 e. The Labute approximate surface area is 102 Å². The van der Waals surface area contributed by atoms with Crippen molar-refractivity contribution in [1.82, 2.24) is 10.2 Å². The fourth-order valence-electron chi connectivity index (χ4n) is 1.43. The Balaban J connectivity index is 4.46. The average molecular weight is 242 g/mol. The van der Waals surface area contributed by atoms with Gasteiger partial charge in [0.05, 0.1) is 0 Å². The van der Waals surface area contributed by atoms with Crippen LogP contribution in [0.15, 0.2) is 12.2 Å². The highest BCUT2D eigenvalue weighted by Crippen LogP contribution is 2.14. The van der Waals surface area contributed by atoms with Crippen molar-refractivity contribution in [3.05, 3.63) is 12.2 Å². The second-order valence-corrected chi connectivity index (χ2v) is 4.20. The Morgan fingerprint density at radius 3 is 2.41 bits per heavy atom. The van der Waals surface area contributed by atoms with Gasteiger partial charge in [0, 0.05) is 13.1 Å². The van der Waals surface area contributed by atoms with Gasteiger partial charge in [-0.05, 0) is 34.1 Å². The molecule has 0 heterocycles. The molecule has 0 fully saturated rings. The fourth-order valence-corrected chi connectivity index (χ4v) is 1.43. The molecule has 2 N–H and O–H groups in total. The van der Waals surface area contributed by atoms with Crippen molar-refractivity contribution >= 4 is 12.0 Å². The van der Waals surface area contributed by atoms with Crippen molar-refractivity contribution in [3.8, 4) is 0 Å². The number of likely N-dealkylation sites (N-methyl/N-ethyl adjacent to an activating group) is 1. The third-order valence-electron chi connectivity index (χ3n) is 2.58. The predicted octanol–water partition coefficient (Wildman–Crippen LogP) is 1.85. The van der Waals surface area contributed by atoms with Gasteiger partial charge in [-0.3, -0.25) is 0 Å². The zero-order chi connectivity index (χ0) is 13.5. The van der Waals surface area contributed by atoms with Gasteiger partial charge in [-0.25, -0.2) is 9.59 Å². The van der Waals surface area contributed by atoms with Gasteiger partial charge in [-0.1, -0.05) is 12.2 Å².